The van der Waals surface area contributed by atoms with Crippen molar-refractivity contribution in [3.8, 4) is 0 Å². The number of nitrogens with one attached hydrogen (secondary N) is 2. The smallest absolute Gasteiger partial charge is 0.250 e. The zero-order valence-corrected chi connectivity index (χ0v) is 10.1. The number of hydrogen-bond donors (Lipinski definition) is 2. The monoisotopic (exact) mass is 250 g/mol. The van der Waals surface area contributed by atoms with E-state index < -0.39 is 0 Å². The highest BCUT2D eigenvalue weighted by Crippen LogP contribution is 2.01. The molecule has 0 radical (unpaired) electrons. The molecule has 1 aromatic rings. The van der Waals surface area contributed by atoms with Crippen molar-refractivity contribution >= 4 is 29.3 Å². The van der Waals surface area contributed by atoms with Gasteiger partial charge < -0.3 is 9.73 Å². The molecular formula is C12H14N2O2S. The van der Waals surface area contributed by atoms with Crippen molar-refractivity contribution in [1.29, 1.82) is 0 Å². The van der Waals surface area contributed by atoms with Crippen molar-refractivity contribution < 1.29 is 9.21 Å². The molecule has 90 valence electrons. The van der Waals surface area contributed by atoms with Gasteiger partial charge in [0.1, 0.15) is 5.76 Å². The van der Waals surface area contributed by atoms with Crippen LogP contribution < -0.4 is 10.6 Å². The first-order valence-electron chi connectivity index (χ1n) is 5.13. The average Bonchev–Trinajstić information content (AvgIpc) is 2.79. The van der Waals surface area contributed by atoms with Crippen molar-refractivity contribution in [1.82, 2.24) is 10.6 Å². The SMILES string of the molecule is C=CCCNC(=S)NC(=O)C=Cc1ccco1. The maximum Gasteiger partial charge on any atom is 0.250 e. The predicted molar refractivity (Wildman–Crippen MR) is 71.3 cm³/mol. The van der Waals surface area contributed by atoms with Crippen LogP contribution in [0.25, 0.3) is 6.08 Å². The summed E-state index contributed by atoms with van der Waals surface area (Å²) in [5.41, 5.74) is 0. The van der Waals surface area contributed by atoms with Gasteiger partial charge in [-0.05, 0) is 36.8 Å². The fourth-order valence-electron chi connectivity index (χ4n) is 1.03. The molecule has 17 heavy (non-hydrogen) atoms. The number of carbonyl (C=O) groups is 1. The molecule has 1 rings (SSSR count). The third-order valence-corrected chi connectivity index (χ3v) is 2.06. The van der Waals surface area contributed by atoms with Crippen LogP contribution in [0.1, 0.15) is 12.2 Å². The summed E-state index contributed by atoms with van der Waals surface area (Å²) in [5.74, 6) is 0.322. The molecule has 2 N–H and O–H groups in total. The number of amides is 1. The summed E-state index contributed by atoms with van der Waals surface area (Å²) in [6.07, 6.45) is 7.04. The van der Waals surface area contributed by atoms with Gasteiger partial charge in [0.25, 0.3) is 0 Å². The highest BCUT2D eigenvalue weighted by molar-refractivity contribution is 7.80. The van der Waals surface area contributed by atoms with Crippen LogP contribution in [0.2, 0.25) is 0 Å². The Morgan fingerprint density at radius 1 is 1.59 bits per heavy atom. The van der Waals surface area contributed by atoms with Crippen LogP contribution in [0.4, 0.5) is 0 Å². The van der Waals surface area contributed by atoms with E-state index in [4.69, 9.17) is 16.6 Å². The van der Waals surface area contributed by atoms with Gasteiger partial charge in [0, 0.05) is 12.6 Å². The fourth-order valence-corrected chi connectivity index (χ4v) is 1.23. The van der Waals surface area contributed by atoms with Gasteiger partial charge in [0.05, 0.1) is 6.26 Å². The number of carbonyl (C=O) groups excluding carboxylic acids is 1. The molecule has 0 fully saturated rings. The van der Waals surface area contributed by atoms with Gasteiger partial charge in [-0.15, -0.1) is 6.58 Å². The molecule has 0 aliphatic carbocycles. The second-order valence-electron chi connectivity index (χ2n) is 3.17. The lowest BCUT2D eigenvalue weighted by molar-refractivity contribution is -0.115. The average molecular weight is 250 g/mol. The summed E-state index contributed by atoms with van der Waals surface area (Å²) in [5, 5.41) is 5.70. The summed E-state index contributed by atoms with van der Waals surface area (Å²) in [7, 11) is 0. The summed E-state index contributed by atoms with van der Waals surface area (Å²) in [6.45, 7) is 4.24. The first-order chi connectivity index (χ1) is 8.22. The molecule has 5 heteroatoms. The summed E-state index contributed by atoms with van der Waals surface area (Å²) in [4.78, 5) is 11.4. The van der Waals surface area contributed by atoms with Crippen molar-refractivity contribution in [3.05, 3.63) is 42.9 Å². The Labute approximate surface area is 105 Å². The molecule has 0 unspecified atom stereocenters. The normalized spacial score (nSPS) is 10.1. The lowest BCUT2D eigenvalue weighted by Crippen LogP contribution is -2.38. The van der Waals surface area contributed by atoms with E-state index in [1.54, 1.807) is 30.5 Å². The topological polar surface area (TPSA) is 54.3 Å². The maximum absolute atomic E-state index is 11.4. The molecule has 0 saturated carbocycles. The summed E-state index contributed by atoms with van der Waals surface area (Å²) in [6, 6.07) is 3.50. The Hall–Kier alpha value is -1.88. The number of rotatable bonds is 5. The number of hydrogen-bond acceptors (Lipinski definition) is 3. The Morgan fingerprint density at radius 2 is 2.41 bits per heavy atom. The molecule has 1 heterocycles. The molecule has 0 aliphatic rings. The maximum atomic E-state index is 11.4. The standard InChI is InChI=1S/C12H14N2O2S/c1-2-3-8-13-12(17)14-11(15)7-6-10-5-4-9-16-10/h2,4-7,9H,1,3,8H2,(H2,13,14,15,17). The first-order valence-corrected chi connectivity index (χ1v) is 5.54. The minimum absolute atomic E-state index is 0.294. The van der Waals surface area contributed by atoms with Gasteiger partial charge in [-0.2, -0.15) is 0 Å². The highest BCUT2D eigenvalue weighted by atomic mass is 32.1. The molecule has 0 aromatic carbocycles. The molecule has 0 spiro atoms. The highest BCUT2D eigenvalue weighted by Gasteiger charge is 1.99. The van der Waals surface area contributed by atoms with Crippen molar-refractivity contribution in [2.24, 2.45) is 0 Å². The number of furan rings is 1. The largest absolute Gasteiger partial charge is 0.465 e. The van der Waals surface area contributed by atoms with Crippen LogP contribution in [0.3, 0.4) is 0 Å². The van der Waals surface area contributed by atoms with E-state index in [0.29, 0.717) is 17.4 Å². The van der Waals surface area contributed by atoms with Crippen LogP contribution >= 0.6 is 12.2 Å². The first kappa shape index (κ1) is 13.2. The van der Waals surface area contributed by atoms with Crippen LogP contribution in [-0.2, 0) is 4.79 Å². The molecule has 4 nitrogen and oxygen atoms in total. The Bertz CT molecular complexity index is 410. The van der Waals surface area contributed by atoms with E-state index in [0.717, 1.165) is 6.42 Å². The quantitative estimate of drug-likeness (QED) is 0.362. The Balaban J connectivity index is 2.29. The van der Waals surface area contributed by atoms with Crippen LogP contribution in [-0.4, -0.2) is 17.6 Å². The van der Waals surface area contributed by atoms with Gasteiger partial charge in [-0.1, -0.05) is 6.08 Å². The molecule has 0 bridgehead atoms. The minimum Gasteiger partial charge on any atom is -0.465 e. The van der Waals surface area contributed by atoms with Crippen molar-refractivity contribution in [3.63, 3.8) is 0 Å². The van der Waals surface area contributed by atoms with Gasteiger partial charge in [0.2, 0.25) is 5.91 Å². The zero-order chi connectivity index (χ0) is 12.5. The molecule has 1 aromatic heterocycles. The van der Waals surface area contributed by atoms with E-state index >= 15 is 0 Å². The second-order valence-corrected chi connectivity index (χ2v) is 3.58. The third-order valence-electron chi connectivity index (χ3n) is 1.81. The Morgan fingerprint density at radius 3 is 3.06 bits per heavy atom. The summed E-state index contributed by atoms with van der Waals surface area (Å²) < 4.78 is 5.04. The second kappa shape index (κ2) is 7.40. The van der Waals surface area contributed by atoms with Crippen LogP contribution in [0, 0.1) is 0 Å². The van der Waals surface area contributed by atoms with Gasteiger partial charge in [-0.3, -0.25) is 10.1 Å². The van der Waals surface area contributed by atoms with Gasteiger partial charge in [-0.25, -0.2) is 0 Å². The van der Waals surface area contributed by atoms with Crippen molar-refractivity contribution in [2.75, 3.05) is 6.54 Å². The van der Waals surface area contributed by atoms with E-state index in [9.17, 15) is 4.79 Å². The molecular weight excluding hydrogens is 236 g/mol. The third kappa shape index (κ3) is 5.67. The van der Waals surface area contributed by atoms with Crippen molar-refractivity contribution in [2.45, 2.75) is 6.42 Å². The molecule has 1 amide bonds. The minimum atomic E-state index is -0.294. The Kier molecular flexibility index (Phi) is 5.74. The van der Waals surface area contributed by atoms with E-state index in [2.05, 4.69) is 17.2 Å². The predicted octanol–water partition coefficient (Wildman–Crippen LogP) is 1.86. The van der Waals surface area contributed by atoms with Gasteiger partial charge >= 0.3 is 0 Å². The lowest BCUT2D eigenvalue weighted by Gasteiger charge is -2.05. The fraction of sp³-hybridized carbons (Fsp3) is 0.167. The summed E-state index contributed by atoms with van der Waals surface area (Å²) >= 11 is 4.92. The van der Waals surface area contributed by atoms with E-state index in [-0.39, 0.29) is 5.91 Å². The molecule has 0 aliphatic heterocycles. The molecule has 0 atom stereocenters. The van der Waals surface area contributed by atoms with E-state index in [1.807, 2.05) is 0 Å². The van der Waals surface area contributed by atoms with Crippen LogP contribution in [0.5, 0.6) is 0 Å². The lowest BCUT2D eigenvalue weighted by atomic mass is 10.4. The van der Waals surface area contributed by atoms with E-state index in [1.165, 1.54) is 6.08 Å². The zero-order valence-electron chi connectivity index (χ0n) is 9.31. The van der Waals surface area contributed by atoms with Gasteiger partial charge in [0.15, 0.2) is 5.11 Å². The molecule has 0 saturated heterocycles. The van der Waals surface area contributed by atoms with Crippen LogP contribution in [0.15, 0.2) is 41.5 Å². The number of thiocarbonyl (C=S) groups is 1.